The highest BCUT2D eigenvalue weighted by Crippen LogP contribution is 2.29. The molecule has 0 aliphatic heterocycles. The third-order valence-electron chi connectivity index (χ3n) is 4.28. The maximum atomic E-state index is 13.7. The maximum absolute atomic E-state index is 13.7. The second kappa shape index (κ2) is 8.41. The molecule has 0 spiro atoms. The largest absolute Gasteiger partial charge is 0.497 e. The molecule has 1 fully saturated rings. The van der Waals surface area contributed by atoms with Crippen molar-refractivity contribution >= 4 is 11.8 Å². The van der Waals surface area contributed by atoms with Gasteiger partial charge in [0.05, 0.1) is 7.11 Å². The van der Waals surface area contributed by atoms with Crippen molar-refractivity contribution in [3.63, 3.8) is 0 Å². The van der Waals surface area contributed by atoms with Crippen LogP contribution in [-0.2, 0) is 4.74 Å². The summed E-state index contributed by atoms with van der Waals surface area (Å²) in [6.45, 7) is 6.07. The molecule has 1 amide bonds. The lowest BCUT2D eigenvalue weighted by atomic mass is 9.84. The molecule has 1 aromatic rings. The molecule has 2 N–H and O–H groups in total. The molecule has 1 aliphatic rings. The summed E-state index contributed by atoms with van der Waals surface area (Å²) in [6, 6.07) is 4.79. The quantitative estimate of drug-likeness (QED) is 0.828. The summed E-state index contributed by atoms with van der Waals surface area (Å²) in [4.78, 5) is 11.9. The fourth-order valence-electron chi connectivity index (χ4n) is 3.15. The number of methoxy groups -OCH3 is 1. The molecular formula is C19H29FN2O3. The van der Waals surface area contributed by atoms with E-state index in [4.69, 9.17) is 9.47 Å². The van der Waals surface area contributed by atoms with E-state index >= 15 is 0 Å². The van der Waals surface area contributed by atoms with Crippen molar-refractivity contribution in [3.8, 4) is 5.75 Å². The number of alkyl carbamates (subject to hydrolysis) is 1. The van der Waals surface area contributed by atoms with Crippen molar-refractivity contribution in [2.45, 2.75) is 58.1 Å². The highest BCUT2D eigenvalue weighted by Gasteiger charge is 2.26. The molecule has 2 unspecified atom stereocenters. The van der Waals surface area contributed by atoms with Crippen molar-refractivity contribution in [2.24, 2.45) is 5.92 Å². The van der Waals surface area contributed by atoms with E-state index in [1.807, 2.05) is 20.8 Å². The van der Waals surface area contributed by atoms with Crippen LogP contribution in [0.15, 0.2) is 18.2 Å². The van der Waals surface area contributed by atoms with Crippen molar-refractivity contribution in [1.82, 2.24) is 5.32 Å². The number of amides is 1. The second-order valence-corrected chi connectivity index (χ2v) is 7.56. The molecule has 0 radical (unpaired) electrons. The van der Waals surface area contributed by atoms with E-state index in [-0.39, 0.29) is 17.8 Å². The van der Waals surface area contributed by atoms with Crippen LogP contribution in [0.3, 0.4) is 0 Å². The summed E-state index contributed by atoms with van der Waals surface area (Å²) in [5, 5.41) is 6.27. The van der Waals surface area contributed by atoms with Gasteiger partial charge in [-0.2, -0.15) is 0 Å². The van der Waals surface area contributed by atoms with Crippen molar-refractivity contribution in [1.29, 1.82) is 0 Å². The first-order valence-corrected chi connectivity index (χ1v) is 8.85. The fraction of sp³-hybridized carbons (Fsp3) is 0.632. The van der Waals surface area contributed by atoms with Crippen LogP contribution in [0.5, 0.6) is 5.75 Å². The van der Waals surface area contributed by atoms with E-state index in [1.165, 1.54) is 19.2 Å². The number of nitrogens with one attached hydrogen (secondary N) is 2. The summed E-state index contributed by atoms with van der Waals surface area (Å²) in [5.74, 6) is 0.429. The lowest BCUT2D eigenvalue weighted by Gasteiger charge is -2.33. The zero-order valence-corrected chi connectivity index (χ0v) is 15.5. The van der Waals surface area contributed by atoms with Gasteiger partial charge in [-0.05, 0) is 45.6 Å². The molecule has 2 atom stereocenters. The monoisotopic (exact) mass is 352 g/mol. The summed E-state index contributed by atoms with van der Waals surface area (Å²) in [6.07, 6.45) is 3.85. The van der Waals surface area contributed by atoms with Gasteiger partial charge in [-0.3, -0.25) is 0 Å². The Labute approximate surface area is 149 Å². The number of anilines is 1. The van der Waals surface area contributed by atoms with Crippen LogP contribution >= 0.6 is 0 Å². The van der Waals surface area contributed by atoms with E-state index in [1.54, 1.807) is 6.07 Å². The van der Waals surface area contributed by atoms with Gasteiger partial charge in [0.25, 0.3) is 0 Å². The predicted molar refractivity (Wildman–Crippen MR) is 96.6 cm³/mol. The zero-order chi connectivity index (χ0) is 18.4. The first kappa shape index (κ1) is 19.3. The lowest BCUT2D eigenvalue weighted by Crippen LogP contribution is -2.42. The maximum Gasteiger partial charge on any atom is 0.407 e. The van der Waals surface area contributed by atoms with Gasteiger partial charge in [-0.25, -0.2) is 9.18 Å². The first-order chi connectivity index (χ1) is 11.8. The standard InChI is InChI=1S/C19H29FN2O3/c1-19(2,3)25-18(23)21-12-13-7-5-6-8-17(13)22-15-9-14(20)10-16(11-15)24-4/h9-11,13,17,22H,5-8,12H2,1-4H3,(H,21,23). The van der Waals surface area contributed by atoms with Gasteiger partial charge in [0.2, 0.25) is 0 Å². The van der Waals surface area contributed by atoms with Crippen molar-refractivity contribution in [2.75, 3.05) is 19.0 Å². The van der Waals surface area contributed by atoms with Crippen LogP contribution in [0.4, 0.5) is 14.9 Å². The molecule has 1 aliphatic carbocycles. The second-order valence-electron chi connectivity index (χ2n) is 7.56. The fourth-order valence-corrected chi connectivity index (χ4v) is 3.15. The Kier molecular flexibility index (Phi) is 6.51. The van der Waals surface area contributed by atoms with E-state index in [2.05, 4.69) is 10.6 Å². The zero-order valence-electron chi connectivity index (χ0n) is 15.5. The van der Waals surface area contributed by atoms with Crippen LogP contribution in [0.1, 0.15) is 46.5 Å². The number of hydrogen-bond acceptors (Lipinski definition) is 4. The SMILES string of the molecule is COc1cc(F)cc(NC2CCCCC2CNC(=O)OC(C)(C)C)c1. The molecule has 140 valence electrons. The van der Waals surface area contributed by atoms with Gasteiger partial charge >= 0.3 is 6.09 Å². The Bertz CT molecular complexity index is 587. The Morgan fingerprint density at radius 3 is 2.64 bits per heavy atom. The molecule has 1 aromatic carbocycles. The smallest absolute Gasteiger partial charge is 0.407 e. The molecular weight excluding hydrogens is 323 g/mol. The van der Waals surface area contributed by atoms with Gasteiger partial charge in [0.15, 0.2) is 0 Å². The molecule has 1 saturated carbocycles. The van der Waals surface area contributed by atoms with Gasteiger partial charge in [-0.15, -0.1) is 0 Å². The third kappa shape index (κ3) is 6.44. The van der Waals surface area contributed by atoms with Gasteiger partial charge < -0.3 is 20.1 Å². The van der Waals surface area contributed by atoms with Crippen molar-refractivity contribution in [3.05, 3.63) is 24.0 Å². The Balaban J connectivity index is 1.96. The highest BCUT2D eigenvalue weighted by atomic mass is 19.1. The Morgan fingerprint density at radius 1 is 1.24 bits per heavy atom. The molecule has 0 aromatic heterocycles. The predicted octanol–water partition coefficient (Wildman–Crippen LogP) is 4.33. The summed E-state index contributed by atoms with van der Waals surface area (Å²) in [5.41, 5.74) is 0.192. The van der Waals surface area contributed by atoms with E-state index in [0.29, 0.717) is 18.0 Å². The third-order valence-corrected chi connectivity index (χ3v) is 4.28. The number of benzene rings is 1. The molecule has 0 bridgehead atoms. The minimum absolute atomic E-state index is 0.176. The summed E-state index contributed by atoms with van der Waals surface area (Å²) in [7, 11) is 1.52. The van der Waals surface area contributed by atoms with E-state index < -0.39 is 11.7 Å². The number of halogens is 1. The Hall–Kier alpha value is -1.98. The minimum atomic E-state index is -0.508. The molecule has 5 nitrogen and oxygen atoms in total. The van der Waals surface area contributed by atoms with E-state index in [9.17, 15) is 9.18 Å². The molecule has 6 heteroatoms. The molecule has 2 rings (SSSR count). The van der Waals surface area contributed by atoms with Crippen LogP contribution in [0, 0.1) is 11.7 Å². The van der Waals surface area contributed by atoms with Crippen molar-refractivity contribution < 1.29 is 18.7 Å². The molecule has 0 heterocycles. The number of hydrogen-bond donors (Lipinski definition) is 2. The normalized spacial score (nSPS) is 20.7. The van der Waals surface area contributed by atoms with Crippen LogP contribution in [0.2, 0.25) is 0 Å². The van der Waals surface area contributed by atoms with E-state index in [0.717, 1.165) is 25.7 Å². The minimum Gasteiger partial charge on any atom is -0.497 e. The summed E-state index contributed by atoms with van der Waals surface area (Å²) >= 11 is 0. The number of rotatable bonds is 5. The summed E-state index contributed by atoms with van der Waals surface area (Å²) < 4.78 is 24.1. The average molecular weight is 352 g/mol. The first-order valence-electron chi connectivity index (χ1n) is 8.85. The molecule has 0 saturated heterocycles. The lowest BCUT2D eigenvalue weighted by molar-refractivity contribution is 0.0514. The van der Waals surface area contributed by atoms with Crippen LogP contribution in [-0.4, -0.2) is 31.4 Å². The highest BCUT2D eigenvalue weighted by molar-refractivity contribution is 5.67. The van der Waals surface area contributed by atoms with Crippen LogP contribution in [0.25, 0.3) is 0 Å². The van der Waals surface area contributed by atoms with Gasteiger partial charge in [0, 0.05) is 30.4 Å². The van der Waals surface area contributed by atoms with Crippen LogP contribution < -0.4 is 15.4 Å². The van der Waals surface area contributed by atoms with Gasteiger partial charge in [0.1, 0.15) is 17.2 Å². The topological polar surface area (TPSA) is 59.6 Å². The average Bonchev–Trinajstić information content (AvgIpc) is 2.52. The number of carbonyl (C=O) groups is 1. The Morgan fingerprint density at radius 2 is 1.96 bits per heavy atom. The number of carbonyl (C=O) groups excluding carboxylic acids is 1. The molecule has 25 heavy (non-hydrogen) atoms. The van der Waals surface area contributed by atoms with Gasteiger partial charge in [-0.1, -0.05) is 12.8 Å². The number of ether oxygens (including phenoxy) is 2.